The largest absolute Gasteiger partial charge is 0.462 e. The summed E-state index contributed by atoms with van der Waals surface area (Å²) in [6.45, 7) is 6.32. The van der Waals surface area contributed by atoms with Gasteiger partial charge in [-0.2, -0.15) is 0 Å². The molecule has 0 aliphatic heterocycles. The zero-order valence-electron chi connectivity index (χ0n) is 48.3. The van der Waals surface area contributed by atoms with Gasteiger partial charge in [0, 0.05) is 19.3 Å². The van der Waals surface area contributed by atoms with Gasteiger partial charge in [0.1, 0.15) is 13.2 Å². The van der Waals surface area contributed by atoms with Crippen molar-refractivity contribution in [1.82, 2.24) is 0 Å². The summed E-state index contributed by atoms with van der Waals surface area (Å²) in [5, 5.41) is 0. The average molecular weight is 1040 g/mol. The highest BCUT2D eigenvalue weighted by molar-refractivity contribution is 5.71. The lowest BCUT2D eigenvalue weighted by Gasteiger charge is -2.18. The minimum atomic E-state index is -0.806. The Bertz CT molecular complexity index is 1660. The molecule has 1 unspecified atom stereocenters. The van der Waals surface area contributed by atoms with Crippen LogP contribution in [0.25, 0.3) is 0 Å². The van der Waals surface area contributed by atoms with Gasteiger partial charge >= 0.3 is 17.9 Å². The summed E-state index contributed by atoms with van der Waals surface area (Å²) in [5.41, 5.74) is 0. The molecular weight excluding hydrogens is 925 g/mol. The van der Waals surface area contributed by atoms with E-state index in [0.717, 1.165) is 128 Å². The number of allylic oxidation sites excluding steroid dienone is 24. The molecule has 0 aromatic heterocycles. The van der Waals surface area contributed by atoms with E-state index in [4.69, 9.17) is 14.2 Å². The molecule has 0 radical (unpaired) electrons. The lowest BCUT2D eigenvalue weighted by Crippen LogP contribution is -2.30. The fourth-order valence-electron chi connectivity index (χ4n) is 7.86. The Balaban J connectivity index is 4.25. The van der Waals surface area contributed by atoms with Gasteiger partial charge in [-0.25, -0.2) is 0 Å². The van der Waals surface area contributed by atoms with Crippen LogP contribution in [-0.4, -0.2) is 37.2 Å². The molecule has 422 valence electrons. The number of carbonyl (C=O) groups excluding carboxylic acids is 3. The van der Waals surface area contributed by atoms with Crippen molar-refractivity contribution in [2.45, 2.75) is 258 Å². The van der Waals surface area contributed by atoms with Gasteiger partial charge in [0.15, 0.2) is 6.10 Å². The Labute approximate surface area is 461 Å². The molecule has 0 spiro atoms. The monoisotopic (exact) mass is 1030 g/mol. The average Bonchev–Trinajstić information content (AvgIpc) is 3.41. The summed E-state index contributed by atoms with van der Waals surface area (Å²) in [6, 6.07) is 0. The van der Waals surface area contributed by atoms with Crippen LogP contribution >= 0.6 is 0 Å². The minimum Gasteiger partial charge on any atom is -0.462 e. The molecule has 0 aromatic carbocycles. The molecule has 0 aliphatic carbocycles. The fraction of sp³-hybridized carbons (Fsp3) is 0.609. The van der Waals surface area contributed by atoms with Crippen molar-refractivity contribution in [1.29, 1.82) is 0 Å². The first-order chi connectivity index (χ1) is 37.0. The molecule has 0 heterocycles. The number of esters is 3. The van der Waals surface area contributed by atoms with Gasteiger partial charge in [-0.1, -0.05) is 256 Å². The first-order valence-corrected chi connectivity index (χ1v) is 30.3. The Morgan fingerprint density at radius 2 is 0.520 bits per heavy atom. The van der Waals surface area contributed by atoms with Crippen LogP contribution in [0.15, 0.2) is 146 Å². The third kappa shape index (κ3) is 60.0. The first kappa shape index (κ1) is 70.3. The van der Waals surface area contributed by atoms with E-state index in [-0.39, 0.29) is 37.5 Å². The molecule has 6 heteroatoms. The van der Waals surface area contributed by atoms with Crippen molar-refractivity contribution in [2.24, 2.45) is 0 Å². The molecular formula is C69H110O6. The second-order valence-corrected chi connectivity index (χ2v) is 19.5. The van der Waals surface area contributed by atoms with Crippen molar-refractivity contribution in [2.75, 3.05) is 13.2 Å². The molecule has 0 amide bonds. The third-order valence-electron chi connectivity index (χ3n) is 12.3. The van der Waals surface area contributed by atoms with E-state index in [1.165, 1.54) is 77.0 Å². The maximum atomic E-state index is 12.8. The van der Waals surface area contributed by atoms with Crippen molar-refractivity contribution >= 4 is 17.9 Å². The van der Waals surface area contributed by atoms with Crippen LogP contribution < -0.4 is 0 Å². The Morgan fingerprint density at radius 3 is 0.840 bits per heavy atom. The van der Waals surface area contributed by atoms with Gasteiger partial charge in [-0.3, -0.25) is 14.4 Å². The normalized spacial score (nSPS) is 13.2. The first-order valence-electron chi connectivity index (χ1n) is 30.3. The zero-order chi connectivity index (χ0) is 54.3. The predicted molar refractivity (Wildman–Crippen MR) is 325 cm³/mol. The highest BCUT2D eigenvalue weighted by Crippen LogP contribution is 2.14. The summed E-state index contributed by atoms with van der Waals surface area (Å²) in [4.78, 5) is 38.0. The molecule has 1 atom stereocenters. The fourth-order valence-corrected chi connectivity index (χ4v) is 7.86. The summed E-state index contributed by atoms with van der Waals surface area (Å²) in [7, 11) is 0. The Morgan fingerprint density at radius 1 is 0.280 bits per heavy atom. The van der Waals surface area contributed by atoms with Gasteiger partial charge in [-0.05, 0) is 122 Å². The molecule has 0 saturated carbocycles. The van der Waals surface area contributed by atoms with Crippen LogP contribution in [0.1, 0.15) is 252 Å². The van der Waals surface area contributed by atoms with Crippen LogP contribution in [0, 0.1) is 0 Å². The predicted octanol–water partition coefficient (Wildman–Crippen LogP) is 20.8. The van der Waals surface area contributed by atoms with Gasteiger partial charge in [0.05, 0.1) is 0 Å². The van der Waals surface area contributed by atoms with E-state index in [1.54, 1.807) is 0 Å². The van der Waals surface area contributed by atoms with Gasteiger partial charge in [0.25, 0.3) is 0 Å². The van der Waals surface area contributed by atoms with E-state index >= 15 is 0 Å². The number of ether oxygens (including phenoxy) is 3. The van der Waals surface area contributed by atoms with Crippen LogP contribution in [0.3, 0.4) is 0 Å². The third-order valence-corrected chi connectivity index (χ3v) is 12.3. The number of unbranched alkanes of at least 4 members (excludes halogenated alkanes) is 18. The summed E-state index contributed by atoms with van der Waals surface area (Å²) in [6.07, 6.45) is 88.7. The molecule has 0 N–H and O–H groups in total. The molecule has 6 nitrogen and oxygen atoms in total. The Hall–Kier alpha value is -4.71. The molecule has 0 aromatic rings. The van der Waals surface area contributed by atoms with Gasteiger partial charge < -0.3 is 14.2 Å². The number of carbonyl (C=O) groups is 3. The standard InChI is InChI=1S/C69H110O6/c1-4-7-10-13-16-18-20-22-24-26-28-30-31-32-33-34-35-36-37-39-40-42-44-46-48-50-53-56-59-62-68(71)74-65-66(64-73-67(70)61-58-55-52-15-12-9-6-3)75-69(72)63-60-57-54-51-49-47-45-43-41-38-29-27-25-23-21-19-17-14-11-8-5-2/h7-8,10-11,16-19,22-25,28-30,32-33,35-36,38,43,45,49,51,66H,4-6,9,12-15,20-21,26-27,31,34,37,39-42,44,46-48,50,52-65H2,1-3H3/b10-7-,11-8-,18-16-,19-17-,24-22-,25-23-,30-28-,33-32-,36-35-,38-29-,45-43-,51-49-. The van der Waals surface area contributed by atoms with E-state index in [2.05, 4.69) is 167 Å². The summed E-state index contributed by atoms with van der Waals surface area (Å²) in [5.74, 6) is -0.960. The Kier molecular flexibility index (Phi) is 58.0. The quantitative estimate of drug-likeness (QED) is 0.0261. The molecule has 0 aliphatic rings. The lowest BCUT2D eigenvalue weighted by atomic mass is 10.1. The smallest absolute Gasteiger partial charge is 0.306 e. The van der Waals surface area contributed by atoms with Crippen LogP contribution in [0.5, 0.6) is 0 Å². The van der Waals surface area contributed by atoms with Crippen LogP contribution in [-0.2, 0) is 28.6 Å². The highest BCUT2D eigenvalue weighted by Gasteiger charge is 2.19. The van der Waals surface area contributed by atoms with E-state index in [1.807, 2.05) is 0 Å². The second kappa shape index (κ2) is 61.8. The maximum absolute atomic E-state index is 12.8. The van der Waals surface area contributed by atoms with Crippen LogP contribution in [0.4, 0.5) is 0 Å². The number of rotatable bonds is 53. The summed E-state index contributed by atoms with van der Waals surface area (Å²) >= 11 is 0. The highest BCUT2D eigenvalue weighted by atomic mass is 16.6. The second-order valence-electron chi connectivity index (χ2n) is 19.5. The molecule has 0 fully saturated rings. The van der Waals surface area contributed by atoms with Gasteiger partial charge in [0.2, 0.25) is 0 Å². The van der Waals surface area contributed by atoms with E-state index in [9.17, 15) is 14.4 Å². The van der Waals surface area contributed by atoms with Crippen molar-refractivity contribution in [3.8, 4) is 0 Å². The van der Waals surface area contributed by atoms with E-state index in [0.29, 0.717) is 19.3 Å². The molecule has 0 saturated heterocycles. The number of hydrogen-bond donors (Lipinski definition) is 0. The zero-order valence-corrected chi connectivity index (χ0v) is 48.3. The van der Waals surface area contributed by atoms with Gasteiger partial charge in [-0.15, -0.1) is 0 Å². The SMILES string of the molecule is CC/C=C\C/C=C\C/C=C\C/C=C\C/C=C\C/C=C\CCCCCCCCCCCCC(=O)OCC(COC(=O)CCCCCCCCC)OC(=O)CCCC/C=C\C/C=C\C/C=C\C/C=C\C/C=C\C/C=C\CC. The lowest BCUT2D eigenvalue weighted by molar-refractivity contribution is -0.167. The summed E-state index contributed by atoms with van der Waals surface area (Å²) < 4.78 is 16.8. The van der Waals surface area contributed by atoms with E-state index < -0.39 is 6.10 Å². The topological polar surface area (TPSA) is 78.9 Å². The van der Waals surface area contributed by atoms with Crippen molar-refractivity contribution in [3.63, 3.8) is 0 Å². The minimum absolute atomic E-state index is 0.101. The van der Waals surface area contributed by atoms with Crippen molar-refractivity contribution in [3.05, 3.63) is 146 Å². The molecule has 75 heavy (non-hydrogen) atoms. The number of hydrogen-bond acceptors (Lipinski definition) is 6. The van der Waals surface area contributed by atoms with Crippen molar-refractivity contribution < 1.29 is 28.6 Å². The molecule has 0 bridgehead atoms. The molecule has 0 rings (SSSR count). The van der Waals surface area contributed by atoms with Crippen LogP contribution in [0.2, 0.25) is 0 Å². The maximum Gasteiger partial charge on any atom is 0.306 e.